The van der Waals surface area contributed by atoms with Crippen molar-refractivity contribution in [2.24, 2.45) is 0 Å². The number of aromatic nitrogens is 2. The zero-order valence-corrected chi connectivity index (χ0v) is 18.3. The Morgan fingerprint density at radius 3 is 2.47 bits per heavy atom. The van der Waals surface area contributed by atoms with Crippen LogP contribution in [0.25, 0.3) is 10.2 Å². The van der Waals surface area contributed by atoms with Gasteiger partial charge in [0.05, 0.1) is 11.1 Å². The minimum absolute atomic E-state index is 0.0353. The minimum Gasteiger partial charge on any atom is -0.366 e. The van der Waals surface area contributed by atoms with Crippen molar-refractivity contribution in [3.8, 4) is 0 Å². The molecule has 3 heterocycles. The number of benzene rings is 1. The van der Waals surface area contributed by atoms with Crippen molar-refractivity contribution in [3.63, 3.8) is 0 Å². The lowest BCUT2D eigenvalue weighted by molar-refractivity contribution is 0.541. The number of hydrogen-bond acceptors (Lipinski definition) is 5. The predicted octanol–water partition coefficient (Wildman–Crippen LogP) is 4.38. The highest BCUT2D eigenvalue weighted by Gasteiger charge is 2.27. The Bertz CT molecular complexity index is 1140. The molecule has 3 aromatic rings. The van der Waals surface area contributed by atoms with E-state index < -0.39 is 0 Å². The molecule has 0 spiro atoms. The molecule has 0 amide bonds. The van der Waals surface area contributed by atoms with E-state index in [1.54, 1.807) is 17.4 Å². The summed E-state index contributed by atoms with van der Waals surface area (Å²) < 4.78 is 16.1. The first kappa shape index (κ1) is 19.5. The second kappa shape index (κ2) is 7.69. The monoisotopic (exact) mass is 426 g/mol. The van der Waals surface area contributed by atoms with Gasteiger partial charge in [-0.1, -0.05) is 12.1 Å². The van der Waals surface area contributed by atoms with Crippen molar-refractivity contribution in [1.29, 1.82) is 0 Å². The highest BCUT2D eigenvalue weighted by atomic mass is 32.1. The molecule has 0 atom stereocenters. The van der Waals surface area contributed by atoms with Gasteiger partial charge >= 0.3 is 0 Å². The molecular weight excluding hydrogens is 399 g/mol. The molecule has 1 aliphatic heterocycles. The lowest BCUT2D eigenvalue weighted by atomic mass is 9.97. The molecular formula is C23H27FN4OS. The van der Waals surface area contributed by atoms with Crippen molar-refractivity contribution < 1.29 is 4.39 Å². The molecule has 1 aromatic carbocycles. The third-order valence-corrected chi connectivity index (χ3v) is 7.46. The minimum atomic E-state index is -0.186. The molecule has 1 fully saturated rings. The predicted molar refractivity (Wildman–Crippen MR) is 122 cm³/mol. The highest BCUT2D eigenvalue weighted by Crippen LogP contribution is 2.35. The summed E-state index contributed by atoms with van der Waals surface area (Å²) in [4.78, 5) is 25.1. The second-order valence-corrected chi connectivity index (χ2v) is 9.58. The van der Waals surface area contributed by atoms with Crippen molar-refractivity contribution in [2.75, 3.05) is 36.0 Å². The van der Waals surface area contributed by atoms with Crippen LogP contribution in [0.15, 0.2) is 29.1 Å². The van der Waals surface area contributed by atoms with Gasteiger partial charge in [-0.2, -0.15) is 0 Å². The summed E-state index contributed by atoms with van der Waals surface area (Å²) in [6, 6.07) is 6.96. The van der Waals surface area contributed by atoms with Gasteiger partial charge in [0.2, 0.25) is 5.95 Å². The molecule has 0 unspecified atom stereocenters. The van der Waals surface area contributed by atoms with Gasteiger partial charge in [-0.05, 0) is 57.2 Å². The summed E-state index contributed by atoms with van der Waals surface area (Å²) in [5.74, 6) is 0.572. The molecule has 1 saturated heterocycles. The average Bonchev–Trinajstić information content (AvgIpc) is 3.12. The largest absolute Gasteiger partial charge is 0.366 e. The van der Waals surface area contributed by atoms with Gasteiger partial charge in [-0.15, -0.1) is 11.3 Å². The Balaban J connectivity index is 1.51. The highest BCUT2D eigenvalue weighted by molar-refractivity contribution is 7.18. The molecule has 1 aliphatic carbocycles. The molecule has 0 radical (unpaired) electrons. The first-order chi connectivity index (χ1) is 14.5. The van der Waals surface area contributed by atoms with Gasteiger partial charge in [0, 0.05) is 37.1 Å². The van der Waals surface area contributed by atoms with E-state index in [0.717, 1.165) is 35.4 Å². The summed E-state index contributed by atoms with van der Waals surface area (Å²) in [6.07, 6.45) is 4.40. The Morgan fingerprint density at radius 2 is 1.73 bits per heavy atom. The van der Waals surface area contributed by atoms with Gasteiger partial charge in [0.15, 0.2) is 0 Å². The summed E-state index contributed by atoms with van der Waals surface area (Å²) in [5, 5.41) is 0.845. The number of fused-ring (bicyclic) bond motifs is 3. The van der Waals surface area contributed by atoms with Crippen molar-refractivity contribution in [1.82, 2.24) is 9.55 Å². The molecule has 0 bridgehead atoms. The molecule has 7 heteroatoms. The summed E-state index contributed by atoms with van der Waals surface area (Å²) in [5.41, 5.74) is 1.98. The van der Waals surface area contributed by atoms with Crippen molar-refractivity contribution >= 4 is 33.2 Å². The lowest BCUT2D eigenvalue weighted by Gasteiger charge is -2.37. The Morgan fingerprint density at radius 1 is 1.03 bits per heavy atom. The SMILES string of the molecule is CC(C)n1c(N2CCN(c3ccccc3F)CC2)nc2sc3c(c2c1=O)CCCC3. The van der Waals surface area contributed by atoms with Crippen LogP contribution in [-0.2, 0) is 12.8 Å². The van der Waals surface area contributed by atoms with E-state index in [9.17, 15) is 9.18 Å². The number of rotatable bonds is 3. The zero-order chi connectivity index (χ0) is 20.8. The summed E-state index contributed by atoms with van der Waals surface area (Å²) in [7, 11) is 0. The molecule has 30 heavy (non-hydrogen) atoms. The van der Waals surface area contributed by atoms with Gasteiger partial charge in [-0.3, -0.25) is 9.36 Å². The fourth-order valence-corrected chi connectivity index (χ4v) is 6.00. The number of thiophene rings is 1. The van der Waals surface area contributed by atoms with Gasteiger partial charge in [0.25, 0.3) is 5.56 Å². The van der Waals surface area contributed by atoms with Crippen LogP contribution in [0.2, 0.25) is 0 Å². The first-order valence-electron chi connectivity index (χ1n) is 10.9. The summed E-state index contributed by atoms with van der Waals surface area (Å²) >= 11 is 1.70. The number of halogens is 1. The smallest absolute Gasteiger partial charge is 0.264 e. The first-order valence-corrected chi connectivity index (χ1v) is 11.7. The number of aryl methyl sites for hydroxylation is 2. The Labute approximate surface area is 179 Å². The van der Waals surface area contributed by atoms with E-state index in [2.05, 4.69) is 9.80 Å². The molecule has 0 saturated carbocycles. The number of nitrogens with zero attached hydrogens (tertiary/aromatic N) is 4. The third-order valence-electron chi connectivity index (χ3n) is 6.27. The average molecular weight is 427 g/mol. The normalized spacial score (nSPS) is 17.1. The number of anilines is 2. The molecule has 5 rings (SSSR count). The summed E-state index contributed by atoms with van der Waals surface area (Å²) in [6.45, 7) is 6.93. The van der Waals surface area contributed by atoms with E-state index in [4.69, 9.17) is 4.98 Å². The Kier molecular flexibility index (Phi) is 5.01. The second-order valence-electron chi connectivity index (χ2n) is 8.50. The van der Waals surface area contributed by atoms with Crippen LogP contribution >= 0.6 is 11.3 Å². The number of para-hydroxylation sites is 1. The van der Waals surface area contributed by atoms with Gasteiger partial charge in [0.1, 0.15) is 10.6 Å². The van der Waals surface area contributed by atoms with Crippen LogP contribution in [0.3, 0.4) is 0 Å². The van der Waals surface area contributed by atoms with Gasteiger partial charge < -0.3 is 9.80 Å². The zero-order valence-electron chi connectivity index (χ0n) is 17.5. The maximum Gasteiger partial charge on any atom is 0.264 e. The van der Waals surface area contributed by atoms with Crippen LogP contribution in [0.4, 0.5) is 16.0 Å². The maximum atomic E-state index is 14.2. The van der Waals surface area contributed by atoms with E-state index in [0.29, 0.717) is 31.9 Å². The van der Waals surface area contributed by atoms with E-state index in [1.165, 1.54) is 22.9 Å². The third kappa shape index (κ3) is 3.20. The standard InChI is InChI=1S/C23H27FN4OS/c1-15(2)28-22(29)20-16-7-3-6-10-19(16)30-21(20)25-23(28)27-13-11-26(12-14-27)18-9-5-4-8-17(18)24/h4-5,8-9,15H,3,6-7,10-14H2,1-2H3. The number of hydrogen-bond donors (Lipinski definition) is 0. The van der Waals surface area contributed by atoms with E-state index in [-0.39, 0.29) is 17.4 Å². The Hall–Kier alpha value is -2.41. The molecule has 5 nitrogen and oxygen atoms in total. The molecule has 0 N–H and O–H groups in total. The lowest BCUT2D eigenvalue weighted by Crippen LogP contribution is -2.48. The fraction of sp³-hybridized carbons (Fsp3) is 0.478. The van der Waals surface area contributed by atoms with Crippen LogP contribution in [0.5, 0.6) is 0 Å². The van der Waals surface area contributed by atoms with Crippen LogP contribution in [-0.4, -0.2) is 35.7 Å². The fourth-order valence-electron chi connectivity index (χ4n) is 4.75. The molecule has 2 aromatic heterocycles. The maximum absolute atomic E-state index is 14.2. The van der Waals surface area contributed by atoms with Crippen LogP contribution < -0.4 is 15.4 Å². The molecule has 2 aliphatic rings. The van der Waals surface area contributed by atoms with Crippen molar-refractivity contribution in [2.45, 2.75) is 45.6 Å². The number of piperazine rings is 1. The van der Waals surface area contributed by atoms with Crippen molar-refractivity contribution in [3.05, 3.63) is 50.9 Å². The van der Waals surface area contributed by atoms with Crippen LogP contribution in [0, 0.1) is 5.82 Å². The quantitative estimate of drug-likeness (QED) is 0.623. The topological polar surface area (TPSA) is 41.4 Å². The van der Waals surface area contributed by atoms with Gasteiger partial charge in [-0.25, -0.2) is 9.37 Å². The van der Waals surface area contributed by atoms with E-state index in [1.807, 2.05) is 30.5 Å². The van der Waals surface area contributed by atoms with Crippen LogP contribution in [0.1, 0.15) is 43.2 Å². The van der Waals surface area contributed by atoms with E-state index >= 15 is 0 Å². The molecule has 158 valence electrons.